The van der Waals surface area contributed by atoms with Gasteiger partial charge in [-0.3, -0.25) is 0 Å². The van der Waals surface area contributed by atoms with Gasteiger partial charge in [-0.2, -0.15) is 0 Å². The molecule has 1 atom stereocenters. The van der Waals surface area contributed by atoms with E-state index in [4.69, 9.17) is 5.11 Å². The molecule has 0 aromatic carbocycles. The Morgan fingerprint density at radius 2 is 2.55 bits per heavy atom. The summed E-state index contributed by atoms with van der Waals surface area (Å²) in [6.07, 6.45) is 3.71. The zero-order valence-electron chi connectivity index (χ0n) is 6.29. The van der Waals surface area contributed by atoms with Gasteiger partial charge in [0.2, 0.25) is 0 Å². The van der Waals surface area contributed by atoms with Crippen LogP contribution in [0.4, 0.5) is 4.79 Å². The van der Waals surface area contributed by atoms with Crippen LogP contribution in [0.3, 0.4) is 0 Å². The number of allylic oxidation sites excluding steroid dienone is 1. The highest BCUT2D eigenvalue weighted by Crippen LogP contribution is 2.32. The summed E-state index contributed by atoms with van der Waals surface area (Å²) in [7, 11) is 0. The van der Waals surface area contributed by atoms with Crippen molar-refractivity contribution >= 4 is 6.09 Å². The molecule has 3 nitrogen and oxygen atoms in total. The molecule has 0 saturated carbocycles. The Hall–Kier alpha value is -0.990. The van der Waals surface area contributed by atoms with Crippen LogP contribution in [-0.4, -0.2) is 29.2 Å². The Balaban J connectivity index is 2.09. The highest BCUT2D eigenvalue weighted by Gasteiger charge is 2.31. The molecule has 1 amide bonds. The van der Waals surface area contributed by atoms with Crippen molar-refractivity contribution in [3.8, 4) is 0 Å². The quantitative estimate of drug-likeness (QED) is 0.533. The van der Waals surface area contributed by atoms with Gasteiger partial charge in [-0.05, 0) is 24.3 Å². The van der Waals surface area contributed by atoms with E-state index < -0.39 is 6.09 Å². The molecule has 60 valence electrons. The number of likely N-dealkylation sites (tertiary alicyclic amines) is 1. The first kappa shape index (κ1) is 6.70. The Kier molecular flexibility index (Phi) is 1.37. The van der Waals surface area contributed by atoms with Gasteiger partial charge in [-0.25, -0.2) is 4.79 Å². The van der Waals surface area contributed by atoms with Crippen molar-refractivity contribution in [1.82, 2.24) is 4.90 Å². The summed E-state index contributed by atoms with van der Waals surface area (Å²) < 4.78 is 0. The highest BCUT2D eigenvalue weighted by molar-refractivity contribution is 5.66. The number of amides is 1. The summed E-state index contributed by atoms with van der Waals surface area (Å²) in [6.45, 7) is 1.38. The zero-order valence-corrected chi connectivity index (χ0v) is 6.29. The molecule has 0 bridgehead atoms. The summed E-state index contributed by atoms with van der Waals surface area (Å²) in [5, 5.41) is 8.67. The molecular formula is C8H11NO2. The number of carboxylic acid groups (broad SMARTS) is 1. The minimum absolute atomic E-state index is 0.547. The van der Waals surface area contributed by atoms with Gasteiger partial charge in [0.25, 0.3) is 0 Å². The van der Waals surface area contributed by atoms with E-state index in [1.54, 1.807) is 0 Å². The van der Waals surface area contributed by atoms with E-state index in [9.17, 15) is 4.79 Å². The van der Waals surface area contributed by atoms with Crippen LogP contribution in [0.15, 0.2) is 11.6 Å². The Labute approximate surface area is 65.3 Å². The first-order valence-electron chi connectivity index (χ1n) is 3.94. The maximum absolute atomic E-state index is 10.5. The monoisotopic (exact) mass is 153 g/mol. The van der Waals surface area contributed by atoms with Crippen molar-refractivity contribution in [2.24, 2.45) is 5.92 Å². The lowest BCUT2D eigenvalue weighted by atomic mass is 10.1. The van der Waals surface area contributed by atoms with Crippen molar-refractivity contribution in [1.29, 1.82) is 0 Å². The molecule has 1 aliphatic carbocycles. The fourth-order valence-electron chi connectivity index (χ4n) is 1.92. The van der Waals surface area contributed by atoms with Crippen LogP contribution < -0.4 is 0 Å². The summed E-state index contributed by atoms with van der Waals surface area (Å²) in [6, 6.07) is 0. The fraction of sp³-hybridized carbons (Fsp3) is 0.625. The molecule has 11 heavy (non-hydrogen) atoms. The van der Waals surface area contributed by atoms with E-state index in [0.29, 0.717) is 12.5 Å². The molecule has 0 aromatic rings. The van der Waals surface area contributed by atoms with E-state index in [1.807, 2.05) is 0 Å². The van der Waals surface area contributed by atoms with E-state index in [1.165, 1.54) is 10.5 Å². The lowest BCUT2D eigenvalue weighted by Crippen LogP contribution is -2.26. The lowest BCUT2D eigenvalue weighted by molar-refractivity contribution is 0.154. The Morgan fingerprint density at radius 3 is 3.18 bits per heavy atom. The molecule has 2 rings (SSSR count). The van der Waals surface area contributed by atoms with Crippen LogP contribution >= 0.6 is 0 Å². The van der Waals surface area contributed by atoms with Crippen molar-refractivity contribution in [3.05, 3.63) is 11.6 Å². The molecule has 1 N–H and O–H groups in total. The summed E-state index contributed by atoms with van der Waals surface area (Å²) in [4.78, 5) is 12.0. The maximum atomic E-state index is 10.5. The maximum Gasteiger partial charge on any atom is 0.407 e. The summed E-state index contributed by atoms with van der Waals surface area (Å²) in [5.74, 6) is 0.547. The highest BCUT2D eigenvalue weighted by atomic mass is 16.4. The standard InChI is InChI=1S/C8H11NO2/c10-8(11)9-4-6-2-1-3-7(6)5-9/h2,7H,1,3-5H2,(H,10,11). The molecule has 2 aliphatic rings. The van der Waals surface area contributed by atoms with Crippen LogP contribution in [0.5, 0.6) is 0 Å². The average molecular weight is 153 g/mol. The summed E-state index contributed by atoms with van der Waals surface area (Å²) >= 11 is 0. The molecule has 1 aliphatic heterocycles. The van der Waals surface area contributed by atoms with Gasteiger partial charge >= 0.3 is 6.09 Å². The lowest BCUT2D eigenvalue weighted by Gasteiger charge is -2.10. The van der Waals surface area contributed by atoms with Crippen molar-refractivity contribution in [3.63, 3.8) is 0 Å². The molecular weight excluding hydrogens is 142 g/mol. The van der Waals surface area contributed by atoms with Crippen LogP contribution in [0, 0.1) is 5.92 Å². The van der Waals surface area contributed by atoms with Crippen LogP contribution in [-0.2, 0) is 0 Å². The third-order valence-electron chi connectivity index (χ3n) is 2.53. The van der Waals surface area contributed by atoms with Gasteiger partial charge in [-0.15, -0.1) is 0 Å². The minimum atomic E-state index is -0.777. The minimum Gasteiger partial charge on any atom is -0.465 e. The van der Waals surface area contributed by atoms with Gasteiger partial charge < -0.3 is 10.0 Å². The van der Waals surface area contributed by atoms with Crippen LogP contribution in [0.2, 0.25) is 0 Å². The predicted octanol–water partition coefficient (Wildman–Crippen LogP) is 1.32. The molecule has 0 spiro atoms. The topological polar surface area (TPSA) is 40.5 Å². The molecule has 1 saturated heterocycles. The van der Waals surface area contributed by atoms with Crippen LogP contribution in [0.1, 0.15) is 12.8 Å². The second kappa shape index (κ2) is 2.26. The first-order chi connectivity index (χ1) is 5.27. The second-order valence-electron chi connectivity index (χ2n) is 3.22. The normalized spacial score (nSPS) is 28.5. The molecule has 1 heterocycles. The number of fused-ring (bicyclic) bond motifs is 1. The Bertz CT molecular complexity index is 222. The first-order valence-corrected chi connectivity index (χ1v) is 3.94. The van der Waals surface area contributed by atoms with Gasteiger partial charge in [0.15, 0.2) is 0 Å². The van der Waals surface area contributed by atoms with E-state index in [-0.39, 0.29) is 0 Å². The van der Waals surface area contributed by atoms with Crippen LogP contribution in [0.25, 0.3) is 0 Å². The van der Waals surface area contributed by atoms with Crippen molar-refractivity contribution in [2.75, 3.05) is 13.1 Å². The largest absolute Gasteiger partial charge is 0.465 e. The van der Waals surface area contributed by atoms with Crippen molar-refractivity contribution < 1.29 is 9.90 Å². The molecule has 3 heteroatoms. The molecule has 1 fully saturated rings. The third-order valence-corrected chi connectivity index (χ3v) is 2.53. The van der Waals surface area contributed by atoms with Gasteiger partial charge in [0.05, 0.1) is 0 Å². The average Bonchev–Trinajstić information content (AvgIpc) is 2.40. The number of rotatable bonds is 0. The van der Waals surface area contributed by atoms with Gasteiger partial charge in [0, 0.05) is 13.1 Å². The van der Waals surface area contributed by atoms with Gasteiger partial charge in [0.1, 0.15) is 0 Å². The van der Waals surface area contributed by atoms with Gasteiger partial charge in [-0.1, -0.05) is 6.08 Å². The van der Waals surface area contributed by atoms with Crippen molar-refractivity contribution in [2.45, 2.75) is 12.8 Å². The number of hydrogen-bond donors (Lipinski definition) is 1. The number of hydrogen-bond acceptors (Lipinski definition) is 1. The summed E-state index contributed by atoms with van der Waals surface area (Å²) in [5.41, 5.74) is 1.34. The molecule has 0 aromatic heterocycles. The van der Waals surface area contributed by atoms with E-state index in [0.717, 1.165) is 19.4 Å². The number of carbonyl (C=O) groups is 1. The van der Waals surface area contributed by atoms with E-state index in [2.05, 4.69) is 6.08 Å². The number of nitrogens with zero attached hydrogens (tertiary/aromatic N) is 1. The zero-order chi connectivity index (χ0) is 7.84. The van der Waals surface area contributed by atoms with E-state index >= 15 is 0 Å². The predicted molar refractivity (Wildman–Crippen MR) is 40.4 cm³/mol. The smallest absolute Gasteiger partial charge is 0.407 e. The fourth-order valence-corrected chi connectivity index (χ4v) is 1.92. The molecule has 1 unspecified atom stereocenters. The Morgan fingerprint density at radius 1 is 1.73 bits per heavy atom. The second-order valence-corrected chi connectivity index (χ2v) is 3.22. The molecule has 0 radical (unpaired) electrons. The third kappa shape index (κ3) is 1.00. The SMILES string of the molecule is O=C(O)N1CC2=CCCC2C1.